The summed E-state index contributed by atoms with van der Waals surface area (Å²) in [6, 6.07) is 6.51. The second-order valence-electron chi connectivity index (χ2n) is 6.47. The van der Waals surface area contributed by atoms with E-state index in [0.29, 0.717) is 17.0 Å². The molecule has 1 aliphatic carbocycles. The van der Waals surface area contributed by atoms with Crippen LogP contribution in [-0.4, -0.2) is 57.2 Å². The number of amidine groups is 1. The van der Waals surface area contributed by atoms with Crippen LogP contribution in [0.3, 0.4) is 0 Å². The molecule has 0 spiro atoms. The molecule has 0 radical (unpaired) electrons. The summed E-state index contributed by atoms with van der Waals surface area (Å²) in [6.07, 6.45) is -6.03. The van der Waals surface area contributed by atoms with Gasteiger partial charge in [-0.1, -0.05) is 24.3 Å². The number of aliphatic imine (C=N–C) groups is 2. The van der Waals surface area contributed by atoms with Crippen LogP contribution in [0.1, 0.15) is 23.4 Å². The van der Waals surface area contributed by atoms with Gasteiger partial charge in [0.05, 0.1) is 11.4 Å². The Kier molecular flexibility index (Phi) is 6.23. The minimum absolute atomic E-state index is 0. The van der Waals surface area contributed by atoms with Gasteiger partial charge in [0.15, 0.2) is 11.5 Å². The summed E-state index contributed by atoms with van der Waals surface area (Å²) in [4.78, 5) is 8.52. The predicted molar refractivity (Wildman–Crippen MR) is 103 cm³/mol. The average Bonchev–Trinajstić information content (AvgIpc) is 3.23. The van der Waals surface area contributed by atoms with E-state index in [2.05, 4.69) is 19.8 Å². The molecule has 1 aromatic carbocycles. The predicted octanol–water partition coefficient (Wildman–Crippen LogP) is 4.26. The maximum atomic E-state index is 12.9. The Hall–Kier alpha value is -2.37. The number of aryl methyl sites for hydroxylation is 1. The third kappa shape index (κ3) is 4.94. The van der Waals surface area contributed by atoms with Crippen molar-refractivity contribution in [1.29, 1.82) is 0 Å². The van der Waals surface area contributed by atoms with Crippen molar-refractivity contribution in [3.05, 3.63) is 65.1 Å². The molecule has 1 aromatic heterocycles. The van der Waals surface area contributed by atoms with Crippen LogP contribution in [0.5, 0.6) is 5.75 Å². The molecule has 0 N–H and O–H groups in total. The zero-order valence-electron chi connectivity index (χ0n) is 15.2. The van der Waals surface area contributed by atoms with Crippen molar-refractivity contribution < 1.29 is 31.1 Å². The molecular weight excluding hydrogens is 437 g/mol. The van der Waals surface area contributed by atoms with Gasteiger partial charge in [-0.2, -0.15) is 18.3 Å². The molecule has 4 rings (SSSR count). The van der Waals surface area contributed by atoms with Gasteiger partial charge in [0.25, 0.3) is 0 Å². The molecule has 12 heteroatoms. The summed E-state index contributed by atoms with van der Waals surface area (Å²) in [5.41, 5.74) is 0.521. The molecule has 0 atom stereocenters. The Balaban J connectivity index is 0.00000272. The number of ether oxygens (including phenoxy) is 1. The number of halogens is 6. The first-order valence-corrected chi connectivity index (χ1v) is 8.56. The average molecular weight is 450 g/mol. The van der Waals surface area contributed by atoms with E-state index in [-0.39, 0.29) is 58.8 Å². The second kappa shape index (κ2) is 8.29. The summed E-state index contributed by atoms with van der Waals surface area (Å²) in [5, 5.41) is 3.44. The Morgan fingerprint density at radius 3 is 2.39 bits per heavy atom. The van der Waals surface area contributed by atoms with Gasteiger partial charge in [-0.15, -0.1) is 13.2 Å². The third-order valence-electron chi connectivity index (χ3n) is 4.39. The van der Waals surface area contributed by atoms with E-state index in [1.54, 1.807) is 12.1 Å². The first-order valence-electron chi connectivity index (χ1n) is 8.56. The fourth-order valence-corrected chi connectivity index (χ4v) is 3.10. The first kappa shape index (κ1) is 23.3. The summed E-state index contributed by atoms with van der Waals surface area (Å²) < 4.78 is 81.8. The van der Waals surface area contributed by atoms with Crippen LogP contribution in [0.15, 0.2) is 58.2 Å². The molecule has 31 heavy (non-hydrogen) atoms. The number of benzene rings is 1. The quantitative estimate of drug-likeness (QED) is 0.519. The van der Waals surface area contributed by atoms with Gasteiger partial charge < -0.3 is 4.74 Å². The number of alkyl halides is 6. The van der Waals surface area contributed by atoms with Gasteiger partial charge in [0, 0.05) is 19.0 Å². The fraction of sp³-hybridized carbons (Fsp3) is 0.211. The van der Waals surface area contributed by atoms with Crippen LogP contribution < -0.4 is 4.74 Å². The number of rotatable bonds is 3. The molecule has 1 aliphatic heterocycles. The second-order valence-corrected chi connectivity index (χ2v) is 6.47. The Morgan fingerprint density at radius 2 is 1.74 bits per heavy atom. The number of fused-ring (bicyclic) bond motifs is 1. The van der Waals surface area contributed by atoms with E-state index in [1.807, 2.05) is 0 Å². The van der Waals surface area contributed by atoms with Gasteiger partial charge >= 0.3 is 42.1 Å². The monoisotopic (exact) mass is 450 g/mol. The molecule has 2 heterocycles. The van der Waals surface area contributed by atoms with Crippen LogP contribution in [0, 0.1) is 0 Å². The molecule has 5 nitrogen and oxygen atoms in total. The molecule has 2 aliphatic rings. The molecule has 0 saturated carbocycles. The van der Waals surface area contributed by atoms with Gasteiger partial charge in [-0.3, -0.25) is 4.68 Å². The SMILES string of the molecule is Cn1nc(C(F)(F)F)cc1C1=NC2=CC(c3ccccc3OC(F)(F)F)=CCC2=N1.[NaH]. The number of para-hydroxylation sites is 1. The van der Waals surface area contributed by atoms with Crippen molar-refractivity contribution in [2.45, 2.75) is 19.0 Å². The van der Waals surface area contributed by atoms with Crippen molar-refractivity contribution in [2.24, 2.45) is 17.0 Å². The van der Waals surface area contributed by atoms with Crippen molar-refractivity contribution in [2.75, 3.05) is 0 Å². The molecule has 0 amide bonds. The number of hydrogen-bond donors (Lipinski definition) is 0. The van der Waals surface area contributed by atoms with Gasteiger partial charge in [-0.05, 0) is 23.8 Å². The number of nitrogens with zero attached hydrogens (tertiary/aromatic N) is 4. The third-order valence-corrected chi connectivity index (χ3v) is 4.39. The maximum absolute atomic E-state index is 12.9. The van der Waals surface area contributed by atoms with Gasteiger partial charge in [0.1, 0.15) is 11.4 Å². The van der Waals surface area contributed by atoms with Crippen molar-refractivity contribution in [1.82, 2.24) is 9.78 Å². The summed E-state index contributed by atoms with van der Waals surface area (Å²) >= 11 is 0. The summed E-state index contributed by atoms with van der Waals surface area (Å²) in [6.45, 7) is 0. The van der Waals surface area contributed by atoms with Crippen molar-refractivity contribution in [3.63, 3.8) is 0 Å². The van der Waals surface area contributed by atoms with E-state index in [9.17, 15) is 26.3 Å². The van der Waals surface area contributed by atoms with E-state index >= 15 is 0 Å². The minimum atomic E-state index is -4.85. The van der Waals surface area contributed by atoms with Crippen molar-refractivity contribution >= 4 is 46.7 Å². The molecule has 0 bridgehead atoms. The Labute approximate surface area is 194 Å². The van der Waals surface area contributed by atoms with Crippen LogP contribution in [0.2, 0.25) is 0 Å². The van der Waals surface area contributed by atoms with E-state index in [4.69, 9.17) is 0 Å². The van der Waals surface area contributed by atoms with Crippen molar-refractivity contribution in [3.8, 4) is 5.75 Å². The number of aromatic nitrogens is 2. The first-order chi connectivity index (χ1) is 14.0. The standard InChI is InChI=1S/C19H12F6N4O.Na.H/c1-29-14(9-16(28-29)18(20,21)22)17-26-12-7-6-10(8-13(12)27-17)11-4-2-3-5-15(11)30-19(23,24)25;;/h2-6,8-9H,7H2,1H3;;. The summed E-state index contributed by atoms with van der Waals surface area (Å²) in [7, 11) is 1.35. The van der Waals surface area contributed by atoms with Crippen LogP contribution in [-0.2, 0) is 13.2 Å². The number of hydrogen-bond acceptors (Lipinski definition) is 4. The van der Waals surface area contributed by atoms with Crippen LogP contribution >= 0.6 is 0 Å². The molecule has 2 aromatic rings. The van der Waals surface area contributed by atoms with E-state index in [0.717, 1.165) is 10.7 Å². The zero-order valence-corrected chi connectivity index (χ0v) is 15.2. The van der Waals surface area contributed by atoms with E-state index in [1.165, 1.54) is 31.3 Å². The fourth-order valence-electron chi connectivity index (χ4n) is 3.10. The van der Waals surface area contributed by atoms with Crippen LogP contribution in [0.25, 0.3) is 5.57 Å². The normalized spacial score (nSPS) is 16.0. The van der Waals surface area contributed by atoms with E-state index < -0.39 is 18.2 Å². The summed E-state index contributed by atoms with van der Waals surface area (Å²) in [5.74, 6) is -0.312. The molecule has 0 saturated heterocycles. The van der Waals surface area contributed by atoms with Crippen LogP contribution in [0.4, 0.5) is 26.3 Å². The zero-order chi connectivity index (χ0) is 21.7. The molecular formula is C19H13F6N4NaO. The molecule has 158 valence electrons. The Bertz CT molecular complexity index is 1140. The Morgan fingerprint density at radius 1 is 1.03 bits per heavy atom. The van der Waals surface area contributed by atoms with Gasteiger partial charge in [0.2, 0.25) is 0 Å². The topological polar surface area (TPSA) is 51.8 Å². The molecule has 0 unspecified atom stereocenters. The molecule has 0 fully saturated rings. The number of allylic oxidation sites excluding steroid dienone is 4. The van der Waals surface area contributed by atoms with Gasteiger partial charge in [-0.25, -0.2) is 9.98 Å².